The van der Waals surface area contributed by atoms with Crippen LogP contribution < -0.4 is 11.1 Å². The van der Waals surface area contributed by atoms with Crippen LogP contribution in [0.25, 0.3) is 0 Å². The largest absolute Gasteiger partial charge is 0.397 e. The minimum atomic E-state index is -0.432. The van der Waals surface area contributed by atoms with Gasteiger partial charge in [0.2, 0.25) is 5.91 Å². The molecule has 1 amide bonds. The van der Waals surface area contributed by atoms with Crippen molar-refractivity contribution in [3.05, 3.63) is 39.9 Å². The summed E-state index contributed by atoms with van der Waals surface area (Å²) >= 11 is 3.44. The van der Waals surface area contributed by atoms with Gasteiger partial charge in [0.25, 0.3) is 0 Å². The number of benzene rings is 1. The lowest BCUT2D eigenvalue weighted by Gasteiger charge is -2.09. The van der Waals surface area contributed by atoms with Crippen LogP contribution in [0.3, 0.4) is 0 Å². The Labute approximate surface area is 130 Å². The van der Waals surface area contributed by atoms with Crippen LogP contribution in [0.4, 0.5) is 15.8 Å². The fourth-order valence-corrected chi connectivity index (χ4v) is 2.24. The van der Waals surface area contributed by atoms with Crippen LogP contribution in [0.1, 0.15) is 17.8 Å². The molecule has 0 spiro atoms. The van der Waals surface area contributed by atoms with Gasteiger partial charge in [-0.05, 0) is 48.0 Å². The van der Waals surface area contributed by atoms with Gasteiger partial charge < -0.3 is 11.1 Å². The second-order valence-electron chi connectivity index (χ2n) is 4.74. The lowest BCUT2D eigenvalue weighted by molar-refractivity contribution is -0.116. The molecule has 1 aromatic carbocycles. The van der Waals surface area contributed by atoms with Crippen molar-refractivity contribution in [3.63, 3.8) is 0 Å². The van der Waals surface area contributed by atoms with Gasteiger partial charge in [0.05, 0.1) is 28.1 Å². The first-order valence-corrected chi connectivity index (χ1v) is 7.22. The first kappa shape index (κ1) is 15.5. The number of anilines is 2. The van der Waals surface area contributed by atoms with E-state index in [1.807, 2.05) is 13.8 Å². The Morgan fingerprint density at radius 3 is 2.76 bits per heavy atom. The number of nitrogen functional groups attached to an aromatic ring is 1. The van der Waals surface area contributed by atoms with E-state index in [2.05, 4.69) is 26.3 Å². The second-order valence-corrected chi connectivity index (χ2v) is 5.53. The van der Waals surface area contributed by atoms with Gasteiger partial charge in [-0.2, -0.15) is 5.10 Å². The molecule has 112 valence electrons. The summed E-state index contributed by atoms with van der Waals surface area (Å²) < 4.78 is 15.7. The van der Waals surface area contributed by atoms with Gasteiger partial charge in [0, 0.05) is 12.1 Å². The third-order valence-electron chi connectivity index (χ3n) is 3.13. The molecule has 0 saturated carbocycles. The summed E-state index contributed by atoms with van der Waals surface area (Å²) in [6.45, 7) is 4.29. The van der Waals surface area contributed by atoms with Gasteiger partial charge in [-0.25, -0.2) is 4.39 Å². The number of aryl methyl sites for hydroxylation is 2. The van der Waals surface area contributed by atoms with Crippen molar-refractivity contribution in [1.29, 1.82) is 0 Å². The molecule has 21 heavy (non-hydrogen) atoms. The van der Waals surface area contributed by atoms with E-state index in [0.29, 0.717) is 12.2 Å². The van der Waals surface area contributed by atoms with Crippen molar-refractivity contribution >= 4 is 33.2 Å². The number of halogens is 2. The van der Waals surface area contributed by atoms with Crippen LogP contribution in [0.15, 0.2) is 22.7 Å². The molecule has 1 heterocycles. The summed E-state index contributed by atoms with van der Waals surface area (Å²) in [5.74, 6) is -0.630. The summed E-state index contributed by atoms with van der Waals surface area (Å²) in [6.07, 6.45) is 0.255. The minimum Gasteiger partial charge on any atom is -0.397 e. The number of nitrogens with one attached hydrogen (secondary N) is 1. The number of carbonyl (C=O) groups is 1. The highest BCUT2D eigenvalue weighted by Crippen LogP contribution is 2.21. The SMILES string of the molecule is Cc1nn(CCC(=O)Nc2ccc(F)cc2N)c(C)c1Br. The molecule has 2 rings (SSSR count). The zero-order chi connectivity index (χ0) is 15.6. The van der Waals surface area contributed by atoms with Crippen molar-refractivity contribution < 1.29 is 9.18 Å². The number of rotatable bonds is 4. The number of hydrogen-bond acceptors (Lipinski definition) is 3. The maximum atomic E-state index is 12.9. The first-order chi connectivity index (χ1) is 9.88. The molecular weight excluding hydrogens is 339 g/mol. The maximum absolute atomic E-state index is 12.9. The topological polar surface area (TPSA) is 72.9 Å². The molecule has 0 fully saturated rings. The van der Waals surface area contributed by atoms with E-state index in [1.54, 1.807) is 4.68 Å². The van der Waals surface area contributed by atoms with E-state index in [9.17, 15) is 9.18 Å². The molecular formula is C14H16BrFN4O. The Morgan fingerprint density at radius 1 is 1.48 bits per heavy atom. The van der Waals surface area contributed by atoms with Crippen molar-refractivity contribution in [2.45, 2.75) is 26.8 Å². The number of aromatic nitrogens is 2. The van der Waals surface area contributed by atoms with Crippen molar-refractivity contribution in [1.82, 2.24) is 9.78 Å². The van der Waals surface area contributed by atoms with Gasteiger partial charge >= 0.3 is 0 Å². The van der Waals surface area contributed by atoms with E-state index in [0.717, 1.165) is 15.9 Å². The fourth-order valence-electron chi connectivity index (χ4n) is 1.96. The predicted octanol–water partition coefficient (Wildman–Crippen LogP) is 3.01. The molecule has 0 aliphatic heterocycles. The lowest BCUT2D eigenvalue weighted by Crippen LogP contribution is -2.16. The molecule has 0 bridgehead atoms. The highest BCUT2D eigenvalue weighted by Gasteiger charge is 2.11. The van der Waals surface area contributed by atoms with Crippen LogP contribution >= 0.6 is 15.9 Å². The standard InChI is InChI=1S/C14H16BrFN4O/c1-8-14(15)9(2)20(19-8)6-5-13(21)18-12-4-3-10(16)7-11(12)17/h3-4,7H,5-6,17H2,1-2H3,(H,18,21). The normalized spacial score (nSPS) is 10.7. The van der Waals surface area contributed by atoms with Crippen LogP contribution in [0.2, 0.25) is 0 Å². The summed E-state index contributed by atoms with van der Waals surface area (Å²) in [6, 6.07) is 3.88. The molecule has 0 aliphatic rings. The van der Waals surface area contributed by atoms with Gasteiger partial charge in [-0.1, -0.05) is 0 Å². The van der Waals surface area contributed by atoms with E-state index < -0.39 is 5.82 Å². The molecule has 2 aromatic rings. The average Bonchev–Trinajstić information content (AvgIpc) is 2.67. The molecule has 1 aromatic heterocycles. The van der Waals surface area contributed by atoms with Crippen molar-refractivity contribution in [3.8, 4) is 0 Å². The monoisotopic (exact) mass is 354 g/mol. The van der Waals surface area contributed by atoms with E-state index in [1.165, 1.54) is 18.2 Å². The van der Waals surface area contributed by atoms with E-state index in [4.69, 9.17) is 5.73 Å². The molecule has 0 saturated heterocycles. The zero-order valence-electron chi connectivity index (χ0n) is 11.8. The highest BCUT2D eigenvalue weighted by atomic mass is 79.9. The van der Waals surface area contributed by atoms with Gasteiger partial charge in [0.1, 0.15) is 5.82 Å². The maximum Gasteiger partial charge on any atom is 0.226 e. The number of nitrogens with two attached hydrogens (primary N) is 1. The molecule has 5 nitrogen and oxygen atoms in total. The summed E-state index contributed by atoms with van der Waals surface area (Å²) in [7, 11) is 0. The molecule has 3 N–H and O–H groups in total. The third-order valence-corrected chi connectivity index (χ3v) is 4.28. The highest BCUT2D eigenvalue weighted by molar-refractivity contribution is 9.10. The van der Waals surface area contributed by atoms with Crippen LogP contribution in [-0.4, -0.2) is 15.7 Å². The summed E-state index contributed by atoms with van der Waals surface area (Å²) in [4.78, 5) is 11.9. The minimum absolute atomic E-state index is 0.197. The Morgan fingerprint density at radius 2 is 2.19 bits per heavy atom. The molecule has 0 radical (unpaired) electrons. The van der Waals surface area contributed by atoms with Crippen LogP contribution in [-0.2, 0) is 11.3 Å². The summed E-state index contributed by atoms with van der Waals surface area (Å²) in [5.41, 5.74) is 8.12. The second kappa shape index (κ2) is 6.26. The number of carbonyl (C=O) groups excluding carboxylic acids is 1. The zero-order valence-corrected chi connectivity index (χ0v) is 13.4. The smallest absolute Gasteiger partial charge is 0.226 e. The molecule has 0 unspecified atom stereocenters. The van der Waals surface area contributed by atoms with Crippen LogP contribution in [0.5, 0.6) is 0 Å². The fraction of sp³-hybridized carbons (Fsp3) is 0.286. The van der Waals surface area contributed by atoms with Gasteiger partial charge in [0.15, 0.2) is 0 Å². The molecule has 0 atom stereocenters. The van der Waals surface area contributed by atoms with Gasteiger partial charge in [-0.15, -0.1) is 0 Å². The molecule has 0 aliphatic carbocycles. The number of nitrogens with zero attached hydrogens (tertiary/aromatic N) is 2. The Hall–Kier alpha value is -1.89. The summed E-state index contributed by atoms with van der Waals surface area (Å²) in [5, 5.41) is 7.00. The van der Waals surface area contributed by atoms with E-state index >= 15 is 0 Å². The van der Waals surface area contributed by atoms with Crippen molar-refractivity contribution in [2.24, 2.45) is 0 Å². The first-order valence-electron chi connectivity index (χ1n) is 6.43. The third kappa shape index (κ3) is 3.60. The Balaban J connectivity index is 1.97. The average molecular weight is 355 g/mol. The van der Waals surface area contributed by atoms with Gasteiger partial charge in [-0.3, -0.25) is 9.48 Å². The molecule has 7 heteroatoms. The number of hydrogen-bond donors (Lipinski definition) is 2. The lowest BCUT2D eigenvalue weighted by atomic mass is 10.2. The number of amides is 1. The van der Waals surface area contributed by atoms with Crippen LogP contribution in [0, 0.1) is 19.7 Å². The quantitative estimate of drug-likeness (QED) is 0.828. The Kier molecular flexibility index (Phi) is 4.62. The van der Waals surface area contributed by atoms with E-state index in [-0.39, 0.29) is 18.0 Å². The Bertz CT molecular complexity index is 684. The predicted molar refractivity (Wildman–Crippen MR) is 83.5 cm³/mol. The van der Waals surface area contributed by atoms with Crippen molar-refractivity contribution in [2.75, 3.05) is 11.1 Å².